The average Bonchev–Trinajstić information content (AvgIpc) is 3.21. The number of aliphatic hydroxyl groups is 2. The SMILES string of the molecule is C=CCO[C@@]12Oc3ccc(OC(=O)NCc4ccccc4)cc3[C@H]3[C@H](CCCCO)[C@@H](CCCCO)C=C(C(=NOC(C)(C)C)C[C@@H]1SCCc1ccncc1)[C@H]32. The minimum atomic E-state index is -1.08. The molecule has 3 aliphatic rings. The van der Waals surface area contributed by atoms with E-state index in [1.54, 1.807) is 12.1 Å². The van der Waals surface area contributed by atoms with E-state index in [-0.39, 0.29) is 48.7 Å². The van der Waals surface area contributed by atoms with Crippen LogP contribution >= 0.6 is 11.8 Å². The van der Waals surface area contributed by atoms with Gasteiger partial charge in [-0.3, -0.25) is 4.98 Å². The highest BCUT2D eigenvalue weighted by atomic mass is 32.2. The van der Waals surface area contributed by atoms with E-state index in [9.17, 15) is 15.0 Å². The van der Waals surface area contributed by atoms with Gasteiger partial charge in [-0.05, 0) is 117 Å². The second-order valence-electron chi connectivity index (χ2n) is 16.2. The van der Waals surface area contributed by atoms with Crippen molar-refractivity contribution in [1.82, 2.24) is 10.3 Å². The van der Waals surface area contributed by atoms with Crippen LogP contribution in [0.25, 0.3) is 0 Å². The fourth-order valence-electron chi connectivity index (χ4n) is 8.51. The van der Waals surface area contributed by atoms with E-state index < -0.39 is 17.5 Å². The molecule has 3 aromatic rings. The zero-order valence-corrected chi connectivity index (χ0v) is 34.4. The molecule has 2 aromatic carbocycles. The molecule has 0 radical (unpaired) electrons. The van der Waals surface area contributed by atoms with Crippen molar-refractivity contribution in [3.63, 3.8) is 0 Å². The molecule has 0 spiro atoms. The Morgan fingerprint density at radius 2 is 1.79 bits per heavy atom. The van der Waals surface area contributed by atoms with Crippen LogP contribution in [0.5, 0.6) is 11.5 Å². The Hall–Kier alpha value is -4.16. The largest absolute Gasteiger partial charge is 0.460 e. The fraction of sp³-hybridized carbons (Fsp3) is 0.500. The number of thioether (sulfide) groups is 1. The molecule has 11 heteroatoms. The van der Waals surface area contributed by atoms with Gasteiger partial charge in [0, 0.05) is 50.1 Å². The summed E-state index contributed by atoms with van der Waals surface area (Å²) < 4.78 is 20.2. The lowest BCUT2D eigenvalue weighted by Gasteiger charge is -2.58. The van der Waals surface area contributed by atoms with Crippen LogP contribution in [-0.4, -0.2) is 69.2 Å². The number of benzene rings is 2. The third kappa shape index (κ3) is 10.7. The summed E-state index contributed by atoms with van der Waals surface area (Å²) in [6.45, 7) is 10.9. The molecule has 1 aliphatic heterocycles. The van der Waals surface area contributed by atoms with E-state index in [1.165, 1.54) is 5.56 Å². The van der Waals surface area contributed by atoms with Gasteiger partial charge in [-0.2, -0.15) is 11.8 Å². The first-order valence-corrected chi connectivity index (χ1v) is 21.5. The summed E-state index contributed by atoms with van der Waals surface area (Å²) in [5, 5.41) is 27.4. The third-order valence-corrected chi connectivity index (χ3v) is 12.3. The molecule has 2 aliphatic carbocycles. The third-order valence-electron chi connectivity index (χ3n) is 11.0. The number of rotatable bonds is 19. The number of aliphatic hydroxyl groups excluding tert-OH is 2. The molecule has 0 saturated heterocycles. The number of ether oxygens (including phenoxy) is 3. The zero-order valence-electron chi connectivity index (χ0n) is 33.6. The number of carbonyl (C=O) groups is 1. The van der Waals surface area contributed by atoms with Crippen molar-refractivity contribution in [2.75, 3.05) is 25.6 Å². The second kappa shape index (κ2) is 20.0. The number of unbranched alkanes of at least 4 members (excludes halogenated alkanes) is 2. The second-order valence-corrected chi connectivity index (χ2v) is 17.5. The van der Waals surface area contributed by atoms with Crippen LogP contribution < -0.4 is 14.8 Å². The lowest BCUT2D eigenvalue weighted by molar-refractivity contribution is -0.223. The molecule has 306 valence electrons. The Morgan fingerprint density at radius 3 is 2.51 bits per heavy atom. The highest BCUT2D eigenvalue weighted by Crippen LogP contribution is 2.62. The molecular formula is C46H59N3O7S. The summed E-state index contributed by atoms with van der Waals surface area (Å²) in [6, 6.07) is 19.5. The number of allylic oxidation sites excluding steroid dienone is 1. The van der Waals surface area contributed by atoms with Gasteiger partial charge >= 0.3 is 6.09 Å². The van der Waals surface area contributed by atoms with Crippen LogP contribution in [0.3, 0.4) is 0 Å². The number of carbonyl (C=O) groups excluding carboxylic acids is 1. The summed E-state index contributed by atoms with van der Waals surface area (Å²) in [4.78, 5) is 23.6. The standard InChI is InChI=1S/C46H59N3O7S/c1-5-26-53-46-41(57-27-21-32-19-22-47-23-20-32)30-39(49-56-45(2,3)4)37-28-34(15-9-11-24-50)36(16-10-12-25-51)42(43(37)46)38-29-35(17-18-40(38)55-46)54-44(52)48-31-33-13-7-6-8-14-33/h5-8,13-14,17-20,22-23,28-29,34,36,41-43,50-51H,1,9-12,15-16,21,24-27,30-31H2,2-4H3,(H,48,52)/t34-,36+,41-,42+,43+,46+/m0/s1. The highest BCUT2D eigenvalue weighted by molar-refractivity contribution is 8.00. The van der Waals surface area contributed by atoms with Gasteiger partial charge < -0.3 is 34.6 Å². The monoisotopic (exact) mass is 797 g/mol. The van der Waals surface area contributed by atoms with Gasteiger partial charge in [-0.15, -0.1) is 6.58 Å². The van der Waals surface area contributed by atoms with Crippen molar-refractivity contribution >= 4 is 23.6 Å². The van der Waals surface area contributed by atoms with Gasteiger partial charge in [-0.25, -0.2) is 4.79 Å². The van der Waals surface area contributed by atoms with E-state index in [0.717, 1.165) is 60.3 Å². The van der Waals surface area contributed by atoms with Crippen LogP contribution in [0.15, 0.2) is 103 Å². The van der Waals surface area contributed by atoms with E-state index in [4.69, 9.17) is 24.2 Å². The summed E-state index contributed by atoms with van der Waals surface area (Å²) in [5.41, 5.74) is 4.58. The van der Waals surface area contributed by atoms with Crippen molar-refractivity contribution in [2.45, 2.75) is 101 Å². The van der Waals surface area contributed by atoms with Crippen LogP contribution in [-0.2, 0) is 22.5 Å². The van der Waals surface area contributed by atoms with Crippen molar-refractivity contribution in [1.29, 1.82) is 0 Å². The molecule has 1 aromatic heterocycles. The minimum absolute atomic E-state index is 0.115. The van der Waals surface area contributed by atoms with Crippen LogP contribution in [0.1, 0.15) is 88.3 Å². The van der Waals surface area contributed by atoms with Crippen LogP contribution in [0.2, 0.25) is 0 Å². The number of nitrogens with one attached hydrogen (secondary N) is 1. The number of hydrogen-bond donors (Lipinski definition) is 3. The molecule has 1 amide bonds. The fourth-order valence-corrected chi connectivity index (χ4v) is 9.92. The molecule has 1 fully saturated rings. The number of nitrogens with zero attached hydrogens (tertiary/aromatic N) is 2. The maximum Gasteiger partial charge on any atom is 0.412 e. The molecular weight excluding hydrogens is 739 g/mol. The number of oxime groups is 1. The summed E-state index contributed by atoms with van der Waals surface area (Å²) in [6.07, 6.45) is 13.6. The predicted molar refractivity (Wildman–Crippen MR) is 226 cm³/mol. The maximum atomic E-state index is 13.2. The van der Waals surface area contributed by atoms with Gasteiger partial charge in [0.2, 0.25) is 5.79 Å². The molecule has 2 heterocycles. The summed E-state index contributed by atoms with van der Waals surface area (Å²) in [5.74, 6) is 0.741. The van der Waals surface area contributed by atoms with Gasteiger partial charge in [-0.1, -0.05) is 60.5 Å². The molecule has 57 heavy (non-hydrogen) atoms. The topological polar surface area (TPSA) is 132 Å². The summed E-state index contributed by atoms with van der Waals surface area (Å²) in [7, 11) is 0. The van der Waals surface area contributed by atoms with Crippen molar-refractivity contribution in [3.8, 4) is 11.5 Å². The molecule has 0 bridgehead atoms. The van der Waals surface area contributed by atoms with E-state index in [1.807, 2.05) is 87.4 Å². The Kier molecular flexibility index (Phi) is 14.9. The van der Waals surface area contributed by atoms with Gasteiger partial charge in [0.25, 0.3) is 0 Å². The Bertz CT molecular complexity index is 1830. The van der Waals surface area contributed by atoms with Gasteiger partial charge in [0.15, 0.2) is 0 Å². The Labute approximate surface area is 342 Å². The van der Waals surface area contributed by atoms with Crippen LogP contribution in [0.4, 0.5) is 4.79 Å². The summed E-state index contributed by atoms with van der Waals surface area (Å²) >= 11 is 1.83. The Morgan fingerprint density at radius 1 is 1.04 bits per heavy atom. The van der Waals surface area contributed by atoms with E-state index >= 15 is 0 Å². The lowest BCUT2D eigenvalue weighted by atomic mass is 9.56. The zero-order chi connectivity index (χ0) is 40.3. The molecule has 0 unspecified atom stereocenters. The van der Waals surface area contributed by atoms with Crippen molar-refractivity contribution in [2.24, 2.45) is 22.9 Å². The van der Waals surface area contributed by atoms with Crippen LogP contribution in [0, 0.1) is 17.8 Å². The van der Waals surface area contributed by atoms with Gasteiger partial charge in [0.1, 0.15) is 17.1 Å². The number of aryl methyl sites for hydroxylation is 1. The lowest BCUT2D eigenvalue weighted by Crippen LogP contribution is -2.64. The van der Waals surface area contributed by atoms with E-state index in [2.05, 4.69) is 35.1 Å². The number of amides is 1. The normalized spacial score (nSPS) is 24.4. The number of fused-ring (bicyclic) bond motifs is 2. The smallest absolute Gasteiger partial charge is 0.412 e. The Balaban J connectivity index is 1.46. The molecule has 10 nitrogen and oxygen atoms in total. The van der Waals surface area contributed by atoms with E-state index in [0.29, 0.717) is 37.3 Å². The molecule has 6 atom stereocenters. The molecule has 1 saturated carbocycles. The average molecular weight is 798 g/mol. The minimum Gasteiger partial charge on any atom is -0.460 e. The maximum absolute atomic E-state index is 13.2. The van der Waals surface area contributed by atoms with Crippen molar-refractivity contribution < 1.29 is 34.1 Å². The number of pyridine rings is 1. The first-order chi connectivity index (χ1) is 27.7. The quantitative estimate of drug-likeness (QED) is 0.0619. The van der Waals surface area contributed by atoms with Crippen molar-refractivity contribution in [3.05, 3.63) is 114 Å². The first kappa shape index (κ1) is 42.4. The number of aromatic nitrogens is 1. The van der Waals surface area contributed by atoms with Gasteiger partial charge in [0.05, 0.1) is 23.5 Å². The first-order valence-electron chi connectivity index (χ1n) is 20.4. The molecule has 6 rings (SSSR count). The number of hydrogen-bond acceptors (Lipinski definition) is 10. The molecule has 3 N–H and O–H groups in total. The predicted octanol–water partition coefficient (Wildman–Crippen LogP) is 8.78. The highest BCUT2D eigenvalue weighted by Gasteiger charge is 2.64.